The molecule has 1 heterocycles. The first-order chi connectivity index (χ1) is 8.84. The van der Waals surface area contributed by atoms with Gasteiger partial charge in [-0.15, -0.1) is 0 Å². The second-order valence-corrected chi connectivity index (χ2v) is 5.28. The molecule has 1 fully saturated rings. The van der Waals surface area contributed by atoms with Crippen LogP contribution in [0.3, 0.4) is 0 Å². The molecule has 0 spiro atoms. The second kappa shape index (κ2) is 10.2. The maximum absolute atomic E-state index is 11.2. The molecule has 0 radical (unpaired) electrons. The van der Waals surface area contributed by atoms with Crippen molar-refractivity contribution in [1.82, 2.24) is 4.90 Å². The zero-order valence-electron chi connectivity index (χ0n) is 12.0. The Morgan fingerprint density at radius 1 is 0.889 bits per heavy atom. The molecule has 1 aliphatic rings. The molecule has 0 aromatic carbocycles. The van der Waals surface area contributed by atoms with Gasteiger partial charge in [-0.25, -0.2) is 4.79 Å². The Morgan fingerprint density at radius 3 is 1.89 bits per heavy atom. The molecule has 0 aromatic rings. The number of unbranched alkanes of at least 4 members (excludes halogenated alkanes) is 9. The van der Waals surface area contributed by atoms with E-state index in [-0.39, 0.29) is 6.09 Å². The first-order valence-corrected chi connectivity index (χ1v) is 7.76. The standard InChI is InChI=1S/C15H29NO2/c1-2-3-4-5-6-7-8-9-10-11-14-18-15(17)16-12-13-16/h2-14H2,1H3. The SMILES string of the molecule is CCCCCCCCCCCCOC(=O)N1CC1. The van der Waals surface area contributed by atoms with Crippen molar-refractivity contribution in [3.8, 4) is 0 Å². The largest absolute Gasteiger partial charge is 0.449 e. The molecule has 0 aromatic heterocycles. The Labute approximate surface area is 112 Å². The van der Waals surface area contributed by atoms with Gasteiger partial charge in [0, 0.05) is 13.1 Å². The van der Waals surface area contributed by atoms with Crippen molar-refractivity contribution < 1.29 is 9.53 Å². The van der Waals surface area contributed by atoms with E-state index in [1.54, 1.807) is 4.90 Å². The van der Waals surface area contributed by atoms with Crippen molar-refractivity contribution in [2.45, 2.75) is 71.1 Å². The molecule has 0 unspecified atom stereocenters. The first-order valence-electron chi connectivity index (χ1n) is 7.76. The number of carbonyl (C=O) groups excluding carboxylic acids is 1. The van der Waals surface area contributed by atoms with Crippen LogP contribution in [0.15, 0.2) is 0 Å². The third-order valence-electron chi connectivity index (χ3n) is 3.43. The van der Waals surface area contributed by atoms with Gasteiger partial charge in [0.1, 0.15) is 0 Å². The molecule has 0 atom stereocenters. The minimum Gasteiger partial charge on any atom is -0.449 e. The van der Waals surface area contributed by atoms with E-state index in [9.17, 15) is 4.79 Å². The molecule has 0 bridgehead atoms. The van der Waals surface area contributed by atoms with Gasteiger partial charge in [-0.1, -0.05) is 64.7 Å². The number of hydrogen-bond donors (Lipinski definition) is 0. The molecule has 1 amide bonds. The second-order valence-electron chi connectivity index (χ2n) is 5.28. The van der Waals surface area contributed by atoms with Crippen molar-refractivity contribution in [1.29, 1.82) is 0 Å². The Bertz CT molecular complexity index is 215. The van der Waals surface area contributed by atoms with Crippen LogP contribution in [0.5, 0.6) is 0 Å². The van der Waals surface area contributed by atoms with Crippen LogP contribution in [-0.2, 0) is 4.74 Å². The van der Waals surface area contributed by atoms with Crippen LogP contribution in [0.1, 0.15) is 71.1 Å². The summed E-state index contributed by atoms with van der Waals surface area (Å²) in [6.07, 6.45) is 13.0. The zero-order chi connectivity index (χ0) is 13.1. The van der Waals surface area contributed by atoms with Gasteiger partial charge >= 0.3 is 6.09 Å². The summed E-state index contributed by atoms with van der Waals surface area (Å²) in [6, 6.07) is 0. The molecule has 18 heavy (non-hydrogen) atoms. The zero-order valence-corrected chi connectivity index (χ0v) is 12.0. The fraction of sp³-hybridized carbons (Fsp3) is 0.933. The minimum atomic E-state index is -0.120. The van der Waals surface area contributed by atoms with Crippen LogP contribution >= 0.6 is 0 Å². The topological polar surface area (TPSA) is 29.3 Å². The summed E-state index contributed by atoms with van der Waals surface area (Å²) in [5, 5.41) is 0. The Hall–Kier alpha value is -0.730. The summed E-state index contributed by atoms with van der Waals surface area (Å²) in [7, 11) is 0. The van der Waals surface area contributed by atoms with Crippen molar-refractivity contribution >= 4 is 6.09 Å². The van der Waals surface area contributed by atoms with Gasteiger partial charge in [0.25, 0.3) is 0 Å². The van der Waals surface area contributed by atoms with Crippen LogP contribution in [0.2, 0.25) is 0 Å². The highest BCUT2D eigenvalue weighted by Crippen LogP contribution is 2.11. The molecule has 1 rings (SSSR count). The summed E-state index contributed by atoms with van der Waals surface area (Å²) in [5.74, 6) is 0. The van der Waals surface area contributed by atoms with E-state index in [2.05, 4.69) is 6.92 Å². The number of rotatable bonds is 11. The van der Waals surface area contributed by atoms with Gasteiger partial charge in [0.2, 0.25) is 0 Å². The number of hydrogen-bond acceptors (Lipinski definition) is 2. The normalized spacial score (nSPS) is 13.7. The third kappa shape index (κ3) is 8.37. The third-order valence-corrected chi connectivity index (χ3v) is 3.43. The highest BCUT2D eigenvalue weighted by Gasteiger charge is 2.24. The predicted octanol–water partition coefficient (Wildman–Crippen LogP) is 4.36. The van der Waals surface area contributed by atoms with E-state index >= 15 is 0 Å². The average molecular weight is 255 g/mol. The van der Waals surface area contributed by atoms with Crippen molar-refractivity contribution in [2.75, 3.05) is 19.7 Å². The quantitative estimate of drug-likeness (QED) is 0.405. The maximum atomic E-state index is 11.2. The summed E-state index contributed by atoms with van der Waals surface area (Å²) in [4.78, 5) is 12.9. The number of carbonyl (C=O) groups is 1. The van der Waals surface area contributed by atoms with Gasteiger partial charge < -0.3 is 9.64 Å². The molecule has 3 nitrogen and oxygen atoms in total. The first kappa shape index (κ1) is 15.3. The van der Waals surface area contributed by atoms with E-state index < -0.39 is 0 Å². The summed E-state index contributed by atoms with van der Waals surface area (Å²) >= 11 is 0. The van der Waals surface area contributed by atoms with E-state index in [1.165, 1.54) is 57.8 Å². The fourth-order valence-corrected chi connectivity index (χ4v) is 2.07. The summed E-state index contributed by atoms with van der Waals surface area (Å²) in [5.41, 5.74) is 0. The van der Waals surface area contributed by atoms with Gasteiger partial charge in [-0.3, -0.25) is 0 Å². The van der Waals surface area contributed by atoms with Crippen LogP contribution in [-0.4, -0.2) is 30.7 Å². The minimum absolute atomic E-state index is 0.120. The van der Waals surface area contributed by atoms with Crippen molar-refractivity contribution in [3.05, 3.63) is 0 Å². The Balaban J connectivity index is 1.69. The molecule has 0 N–H and O–H groups in total. The van der Waals surface area contributed by atoms with Gasteiger partial charge in [-0.2, -0.15) is 0 Å². The van der Waals surface area contributed by atoms with E-state index in [1.807, 2.05) is 0 Å². The predicted molar refractivity (Wildman–Crippen MR) is 74.8 cm³/mol. The molecule has 1 saturated heterocycles. The lowest BCUT2D eigenvalue weighted by molar-refractivity contribution is 0.129. The average Bonchev–Trinajstić information content (AvgIpc) is 3.20. The molecule has 1 aliphatic heterocycles. The molecule has 0 aliphatic carbocycles. The van der Waals surface area contributed by atoms with Crippen LogP contribution < -0.4 is 0 Å². The molecular weight excluding hydrogens is 226 g/mol. The lowest BCUT2D eigenvalue weighted by atomic mass is 10.1. The van der Waals surface area contributed by atoms with Crippen LogP contribution in [0, 0.1) is 0 Å². The van der Waals surface area contributed by atoms with Gasteiger partial charge in [0.15, 0.2) is 0 Å². The highest BCUT2D eigenvalue weighted by atomic mass is 16.6. The smallest absolute Gasteiger partial charge is 0.409 e. The van der Waals surface area contributed by atoms with Crippen LogP contribution in [0.4, 0.5) is 4.79 Å². The van der Waals surface area contributed by atoms with Gasteiger partial charge in [-0.05, 0) is 6.42 Å². The van der Waals surface area contributed by atoms with E-state index in [0.29, 0.717) is 6.61 Å². The number of nitrogens with zero attached hydrogens (tertiary/aromatic N) is 1. The summed E-state index contributed by atoms with van der Waals surface area (Å²) < 4.78 is 5.12. The van der Waals surface area contributed by atoms with E-state index in [0.717, 1.165) is 19.5 Å². The van der Waals surface area contributed by atoms with Crippen molar-refractivity contribution in [2.24, 2.45) is 0 Å². The van der Waals surface area contributed by atoms with E-state index in [4.69, 9.17) is 4.74 Å². The number of amides is 1. The lowest BCUT2D eigenvalue weighted by Crippen LogP contribution is -2.13. The van der Waals surface area contributed by atoms with Gasteiger partial charge in [0.05, 0.1) is 6.61 Å². The Morgan fingerprint density at radius 2 is 1.39 bits per heavy atom. The Kier molecular flexibility index (Phi) is 8.70. The number of ether oxygens (including phenoxy) is 1. The highest BCUT2D eigenvalue weighted by molar-refractivity contribution is 5.69. The fourth-order valence-electron chi connectivity index (χ4n) is 2.07. The van der Waals surface area contributed by atoms with Crippen LogP contribution in [0.25, 0.3) is 0 Å². The maximum Gasteiger partial charge on any atom is 0.409 e. The summed E-state index contributed by atoms with van der Waals surface area (Å²) in [6.45, 7) is 4.63. The van der Waals surface area contributed by atoms with Crippen molar-refractivity contribution in [3.63, 3.8) is 0 Å². The lowest BCUT2D eigenvalue weighted by Gasteiger charge is -2.05. The molecule has 0 saturated carbocycles. The molecule has 106 valence electrons. The molecular formula is C15H29NO2. The molecule has 3 heteroatoms. The monoisotopic (exact) mass is 255 g/mol.